The lowest BCUT2D eigenvalue weighted by Gasteiger charge is -2.31. The van der Waals surface area contributed by atoms with Crippen LogP contribution >= 0.6 is 0 Å². The molecule has 0 spiro atoms. The lowest BCUT2D eigenvalue weighted by molar-refractivity contribution is 0.0683. The number of nitrogens with one attached hydrogen (secondary N) is 1. The van der Waals surface area contributed by atoms with Crippen LogP contribution in [0, 0.1) is 6.92 Å². The topological polar surface area (TPSA) is 49.2 Å². The van der Waals surface area contributed by atoms with E-state index in [1.165, 1.54) is 22.0 Å². The molecule has 1 amide bonds. The quantitative estimate of drug-likeness (QED) is 0.532. The number of hydrogen-bond acceptors (Lipinski definition) is 2. The third-order valence-corrected chi connectivity index (χ3v) is 5.73. The van der Waals surface area contributed by atoms with Crippen molar-refractivity contribution in [2.75, 3.05) is 13.1 Å². The molecule has 1 aliphatic rings. The summed E-state index contributed by atoms with van der Waals surface area (Å²) in [6.45, 7) is 3.57. The van der Waals surface area contributed by atoms with Gasteiger partial charge in [-0.15, -0.1) is 0 Å². The number of piperidine rings is 1. The molecule has 0 aliphatic carbocycles. The van der Waals surface area contributed by atoms with Crippen LogP contribution in [0.2, 0.25) is 0 Å². The minimum Gasteiger partial charge on any atom is -0.451 e. The van der Waals surface area contributed by atoms with Crippen LogP contribution in [0.15, 0.2) is 59.1 Å². The van der Waals surface area contributed by atoms with Crippen molar-refractivity contribution in [2.24, 2.45) is 0 Å². The number of likely N-dealkylation sites (tertiary alicyclic amines) is 1. The third-order valence-electron chi connectivity index (χ3n) is 5.73. The number of aromatic nitrogens is 1. The summed E-state index contributed by atoms with van der Waals surface area (Å²) in [5.74, 6) is 0.936. The third kappa shape index (κ3) is 2.81. The van der Waals surface area contributed by atoms with Crippen LogP contribution in [-0.2, 0) is 0 Å². The number of rotatable bonds is 2. The van der Waals surface area contributed by atoms with Gasteiger partial charge in [-0.05, 0) is 55.5 Å². The molecule has 3 heterocycles. The van der Waals surface area contributed by atoms with E-state index in [9.17, 15) is 4.79 Å². The van der Waals surface area contributed by atoms with Gasteiger partial charge in [0.25, 0.3) is 5.91 Å². The molecular weight excluding hydrogens is 336 g/mol. The van der Waals surface area contributed by atoms with Gasteiger partial charge >= 0.3 is 0 Å². The van der Waals surface area contributed by atoms with E-state index >= 15 is 0 Å². The Hall–Kier alpha value is -3.01. The molecule has 4 nitrogen and oxygen atoms in total. The number of carbonyl (C=O) groups excluding carboxylic acids is 1. The molecule has 4 aromatic rings. The molecular formula is C23H22N2O2. The fraction of sp³-hybridized carbons (Fsp3) is 0.261. The van der Waals surface area contributed by atoms with Gasteiger partial charge < -0.3 is 14.3 Å². The average Bonchev–Trinajstić information content (AvgIpc) is 3.31. The smallest absolute Gasteiger partial charge is 0.289 e. The van der Waals surface area contributed by atoms with Crippen LogP contribution in [0.5, 0.6) is 0 Å². The van der Waals surface area contributed by atoms with Crippen LogP contribution in [0.1, 0.15) is 40.4 Å². The second-order valence-corrected chi connectivity index (χ2v) is 7.51. The maximum absolute atomic E-state index is 12.9. The first kappa shape index (κ1) is 16.2. The largest absolute Gasteiger partial charge is 0.451 e. The Balaban J connectivity index is 1.32. The summed E-state index contributed by atoms with van der Waals surface area (Å²) in [6, 6.07) is 16.3. The normalized spacial score (nSPS) is 15.7. The number of para-hydroxylation sites is 1. The molecule has 27 heavy (non-hydrogen) atoms. The molecule has 2 aromatic heterocycles. The Morgan fingerprint density at radius 3 is 2.78 bits per heavy atom. The number of fused-ring (bicyclic) bond motifs is 2. The highest BCUT2D eigenvalue weighted by Crippen LogP contribution is 2.33. The van der Waals surface area contributed by atoms with Crippen LogP contribution in [-0.4, -0.2) is 28.9 Å². The first-order chi connectivity index (χ1) is 13.2. The van der Waals surface area contributed by atoms with E-state index in [1.807, 2.05) is 30.0 Å². The lowest BCUT2D eigenvalue weighted by Crippen LogP contribution is -2.37. The number of hydrogen-bond donors (Lipinski definition) is 1. The van der Waals surface area contributed by atoms with E-state index in [0.717, 1.165) is 36.9 Å². The summed E-state index contributed by atoms with van der Waals surface area (Å²) in [5, 5.41) is 2.29. The number of aryl methyl sites for hydroxylation is 1. The van der Waals surface area contributed by atoms with Gasteiger partial charge in [0.05, 0.1) is 0 Å². The van der Waals surface area contributed by atoms with Crippen LogP contribution in [0.3, 0.4) is 0 Å². The van der Waals surface area contributed by atoms with Crippen LogP contribution in [0.4, 0.5) is 0 Å². The van der Waals surface area contributed by atoms with Crippen molar-refractivity contribution in [1.82, 2.24) is 9.88 Å². The minimum absolute atomic E-state index is 0.00114. The SMILES string of the molecule is Cc1ccc2oc(C(=O)N3CCC(c4c[nH]c5ccccc45)CC3)cc2c1. The predicted molar refractivity (Wildman–Crippen MR) is 107 cm³/mol. The highest BCUT2D eigenvalue weighted by Gasteiger charge is 2.27. The van der Waals surface area contributed by atoms with Crippen molar-refractivity contribution >= 4 is 27.8 Å². The highest BCUT2D eigenvalue weighted by atomic mass is 16.3. The van der Waals surface area contributed by atoms with Gasteiger partial charge in [0, 0.05) is 35.6 Å². The average molecular weight is 358 g/mol. The molecule has 1 saturated heterocycles. The lowest BCUT2D eigenvalue weighted by atomic mass is 9.89. The molecule has 1 fully saturated rings. The zero-order valence-corrected chi connectivity index (χ0v) is 15.4. The van der Waals surface area contributed by atoms with Gasteiger partial charge in [0.15, 0.2) is 5.76 Å². The number of carbonyl (C=O) groups is 1. The summed E-state index contributed by atoms with van der Waals surface area (Å²) >= 11 is 0. The number of nitrogens with zero attached hydrogens (tertiary/aromatic N) is 1. The molecule has 4 heteroatoms. The van der Waals surface area contributed by atoms with E-state index in [-0.39, 0.29) is 5.91 Å². The summed E-state index contributed by atoms with van der Waals surface area (Å²) in [6.07, 6.45) is 4.09. The van der Waals surface area contributed by atoms with Gasteiger partial charge in [-0.1, -0.05) is 29.8 Å². The number of H-pyrrole nitrogens is 1. The summed E-state index contributed by atoms with van der Waals surface area (Å²) in [5.41, 5.74) is 4.50. The number of amides is 1. The standard InChI is InChI=1S/C23H22N2O2/c1-15-6-7-21-17(12-15)13-22(27-21)23(26)25-10-8-16(9-11-25)19-14-24-20-5-3-2-4-18(19)20/h2-7,12-14,16,24H,8-11H2,1H3. The molecule has 0 radical (unpaired) electrons. The van der Waals surface area contributed by atoms with Crippen molar-refractivity contribution in [2.45, 2.75) is 25.7 Å². The van der Waals surface area contributed by atoms with E-state index < -0.39 is 0 Å². The number of furan rings is 1. The Morgan fingerprint density at radius 1 is 1.11 bits per heavy atom. The van der Waals surface area contributed by atoms with Crippen molar-refractivity contribution in [3.8, 4) is 0 Å². The van der Waals surface area contributed by atoms with E-state index in [1.54, 1.807) is 0 Å². The Morgan fingerprint density at radius 2 is 1.93 bits per heavy atom. The van der Waals surface area contributed by atoms with Gasteiger partial charge in [-0.3, -0.25) is 4.79 Å². The van der Waals surface area contributed by atoms with Crippen LogP contribution < -0.4 is 0 Å². The zero-order valence-electron chi connectivity index (χ0n) is 15.4. The van der Waals surface area contributed by atoms with Gasteiger partial charge in [-0.2, -0.15) is 0 Å². The molecule has 0 bridgehead atoms. The van der Waals surface area contributed by atoms with E-state index in [2.05, 4.69) is 41.5 Å². The Kier molecular flexibility index (Phi) is 3.78. The molecule has 136 valence electrons. The van der Waals surface area contributed by atoms with Crippen molar-refractivity contribution < 1.29 is 9.21 Å². The molecule has 2 aromatic carbocycles. The van der Waals surface area contributed by atoms with Gasteiger partial charge in [0.2, 0.25) is 0 Å². The van der Waals surface area contributed by atoms with E-state index in [4.69, 9.17) is 4.42 Å². The van der Waals surface area contributed by atoms with Crippen molar-refractivity contribution in [3.05, 3.63) is 71.6 Å². The second kappa shape index (κ2) is 6.31. The first-order valence-corrected chi connectivity index (χ1v) is 9.54. The fourth-order valence-corrected chi connectivity index (χ4v) is 4.25. The van der Waals surface area contributed by atoms with Crippen molar-refractivity contribution in [1.29, 1.82) is 0 Å². The molecule has 1 N–H and O–H groups in total. The van der Waals surface area contributed by atoms with Crippen LogP contribution in [0.25, 0.3) is 21.9 Å². The Bertz CT molecular complexity index is 1130. The number of aromatic amines is 1. The maximum atomic E-state index is 12.9. The minimum atomic E-state index is 0.00114. The molecule has 1 aliphatic heterocycles. The first-order valence-electron chi connectivity index (χ1n) is 9.54. The van der Waals surface area contributed by atoms with Gasteiger partial charge in [-0.25, -0.2) is 0 Å². The monoisotopic (exact) mass is 358 g/mol. The zero-order chi connectivity index (χ0) is 18.4. The predicted octanol–water partition coefficient (Wildman–Crippen LogP) is 5.24. The summed E-state index contributed by atoms with van der Waals surface area (Å²) in [7, 11) is 0. The summed E-state index contributed by atoms with van der Waals surface area (Å²) in [4.78, 5) is 18.2. The Labute approximate surface area is 157 Å². The maximum Gasteiger partial charge on any atom is 0.289 e. The summed E-state index contributed by atoms with van der Waals surface area (Å²) < 4.78 is 5.80. The van der Waals surface area contributed by atoms with Crippen molar-refractivity contribution in [3.63, 3.8) is 0 Å². The number of benzene rings is 2. The molecule has 0 atom stereocenters. The molecule has 0 saturated carbocycles. The highest BCUT2D eigenvalue weighted by molar-refractivity contribution is 5.96. The molecule has 5 rings (SSSR count). The van der Waals surface area contributed by atoms with E-state index in [0.29, 0.717) is 11.7 Å². The van der Waals surface area contributed by atoms with Gasteiger partial charge in [0.1, 0.15) is 5.58 Å². The molecule has 0 unspecified atom stereocenters. The second-order valence-electron chi connectivity index (χ2n) is 7.51. The fourth-order valence-electron chi connectivity index (χ4n) is 4.25.